The van der Waals surface area contributed by atoms with E-state index in [9.17, 15) is 19.2 Å². The average Bonchev–Trinajstić information content (AvgIpc) is 2.97. The summed E-state index contributed by atoms with van der Waals surface area (Å²) >= 11 is 0. The van der Waals surface area contributed by atoms with Crippen molar-refractivity contribution in [3.63, 3.8) is 0 Å². The Bertz CT molecular complexity index is 910. The second kappa shape index (κ2) is 8.05. The number of nitrogens with one attached hydrogen (secondary N) is 2. The maximum absolute atomic E-state index is 13.2. The highest BCUT2D eigenvalue weighted by atomic mass is 16.2. The highest BCUT2D eigenvalue weighted by molar-refractivity contribution is 6.10. The Morgan fingerprint density at radius 3 is 2.43 bits per heavy atom. The molecule has 1 saturated heterocycles. The van der Waals surface area contributed by atoms with Gasteiger partial charge in [0.2, 0.25) is 17.7 Å². The number of benzene rings is 1. The van der Waals surface area contributed by atoms with Crippen molar-refractivity contribution in [1.29, 1.82) is 0 Å². The first-order chi connectivity index (χ1) is 14.4. The molecule has 0 saturated carbocycles. The third-order valence-corrected chi connectivity index (χ3v) is 6.15. The SMILES string of the molecule is CC(C)C[C@H](C(=O)Nc1ccc2c(c1)C(=O)NCC2)N1C(=O)[C@@H]2CC=CC[C@H]2C1=O. The second-order valence-electron chi connectivity index (χ2n) is 8.71. The van der Waals surface area contributed by atoms with E-state index in [-0.39, 0.29) is 35.5 Å². The van der Waals surface area contributed by atoms with Crippen LogP contribution in [0.15, 0.2) is 30.4 Å². The average molecular weight is 409 g/mol. The zero-order valence-electron chi connectivity index (χ0n) is 17.3. The van der Waals surface area contributed by atoms with E-state index in [2.05, 4.69) is 10.6 Å². The molecule has 4 amide bonds. The smallest absolute Gasteiger partial charge is 0.251 e. The Morgan fingerprint density at radius 1 is 1.13 bits per heavy atom. The lowest BCUT2D eigenvalue weighted by molar-refractivity contribution is -0.147. The van der Waals surface area contributed by atoms with E-state index in [1.54, 1.807) is 12.1 Å². The van der Waals surface area contributed by atoms with Gasteiger partial charge in [-0.1, -0.05) is 32.1 Å². The number of fused-ring (bicyclic) bond motifs is 2. The Labute approximate surface area is 175 Å². The summed E-state index contributed by atoms with van der Waals surface area (Å²) in [6, 6.07) is 4.40. The lowest BCUT2D eigenvalue weighted by Crippen LogP contribution is -2.48. The molecule has 1 fully saturated rings. The zero-order chi connectivity index (χ0) is 21.4. The lowest BCUT2D eigenvalue weighted by Gasteiger charge is -2.27. The van der Waals surface area contributed by atoms with Crippen LogP contribution in [0.4, 0.5) is 5.69 Å². The third-order valence-electron chi connectivity index (χ3n) is 6.15. The molecule has 1 aromatic rings. The van der Waals surface area contributed by atoms with Gasteiger partial charge in [0.15, 0.2) is 0 Å². The van der Waals surface area contributed by atoms with Gasteiger partial charge in [0.05, 0.1) is 11.8 Å². The third kappa shape index (κ3) is 3.64. The largest absolute Gasteiger partial charge is 0.352 e. The van der Waals surface area contributed by atoms with Crippen LogP contribution in [0.25, 0.3) is 0 Å². The fraction of sp³-hybridized carbons (Fsp3) is 0.478. The van der Waals surface area contributed by atoms with Crippen LogP contribution >= 0.6 is 0 Å². The number of anilines is 1. The number of likely N-dealkylation sites (tertiary alicyclic amines) is 1. The predicted molar refractivity (Wildman–Crippen MR) is 112 cm³/mol. The van der Waals surface area contributed by atoms with Crippen LogP contribution in [-0.2, 0) is 20.8 Å². The van der Waals surface area contributed by atoms with E-state index in [0.717, 1.165) is 12.0 Å². The molecule has 2 heterocycles. The van der Waals surface area contributed by atoms with E-state index in [1.807, 2.05) is 32.1 Å². The first kappa shape index (κ1) is 20.3. The number of carbonyl (C=O) groups is 4. The summed E-state index contributed by atoms with van der Waals surface area (Å²) in [6.45, 7) is 4.52. The Morgan fingerprint density at radius 2 is 1.80 bits per heavy atom. The van der Waals surface area contributed by atoms with Crippen LogP contribution in [0.2, 0.25) is 0 Å². The lowest BCUT2D eigenvalue weighted by atomic mass is 9.85. The summed E-state index contributed by atoms with van der Waals surface area (Å²) in [6.07, 6.45) is 6.10. The monoisotopic (exact) mass is 409 g/mol. The first-order valence-electron chi connectivity index (χ1n) is 10.6. The summed E-state index contributed by atoms with van der Waals surface area (Å²) in [5.74, 6) is -1.66. The summed E-state index contributed by atoms with van der Waals surface area (Å²) in [5.41, 5.74) is 1.98. The van der Waals surface area contributed by atoms with E-state index < -0.39 is 11.9 Å². The molecule has 1 aromatic carbocycles. The fourth-order valence-corrected chi connectivity index (χ4v) is 4.62. The zero-order valence-corrected chi connectivity index (χ0v) is 17.3. The molecule has 4 rings (SSSR count). The van der Waals surface area contributed by atoms with Gasteiger partial charge in [-0.2, -0.15) is 0 Å². The number of nitrogens with zero attached hydrogens (tertiary/aromatic N) is 1. The molecular weight excluding hydrogens is 382 g/mol. The molecule has 30 heavy (non-hydrogen) atoms. The standard InChI is InChI=1S/C23H27N3O4/c1-13(2)11-19(26-22(29)16-5-3-4-6-17(16)23(26)30)21(28)25-15-8-7-14-9-10-24-20(27)18(14)12-15/h3-4,7-8,12-13,16-17,19H,5-6,9-11H2,1-2H3,(H,24,27)(H,25,28)/t16-,17-,19-/m1/s1. The number of carbonyl (C=O) groups excluding carboxylic acids is 4. The second-order valence-corrected chi connectivity index (χ2v) is 8.71. The van der Waals surface area contributed by atoms with Crippen molar-refractivity contribution in [2.24, 2.45) is 17.8 Å². The molecule has 0 radical (unpaired) electrons. The number of amides is 4. The summed E-state index contributed by atoms with van der Waals surface area (Å²) in [7, 11) is 0. The van der Waals surface area contributed by atoms with E-state index in [1.165, 1.54) is 4.90 Å². The minimum Gasteiger partial charge on any atom is -0.352 e. The van der Waals surface area contributed by atoms with E-state index >= 15 is 0 Å². The minimum absolute atomic E-state index is 0.122. The molecular formula is C23H27N3O4. The number of allylic oxidation sites excluding steroid dienone is 2. The summed E-state index contributed by atoms with van der Waals surface area (Å²) in [4.78, 5) is 52.5. The van der Waals surface area contributed by atoms with Gasteiger partial charge in [-0.15, -0.1) is 0 Å². The van der Waals surface area contributed by atoms with Crippen molar-refractivity contribution >= 4 is 29.3 Å². The van der Waals surface area contributed by atoms with Crippen LogP contribution in [0.3, 0.4) is 0 Å². The number of hydrogen-bond acceptors (Lipinski definition) is 4. The fourth-order valence-electron chi connectivity index (χ4n) is 4.62. The van der Waals surface area contributed by atoms with Crippen molar-refractivity contribution in [1.82, 2.24) is 10.2 Å². The van der Waals surface area contributed by atoms with Gasteiger partial charge >= 0.3 is 0 Å². The van der Waals surface area contributed by atoms with Crippen LogP contribution in [0.1, 0.15) is 49.0 Å². The van der Waals surface area contributed by atoms with Gasteiger partial charge in [0.1, 0.15) is 6.04 Å². The van der Waals surface area contributed by atoms with Crippen molar-refractivity contribution < 1.29 is 19.2 Å². The molecule has 1 aliphatic carbocycles. The summed E-state index contributed by atoms with van der Waals surface area (Å²) < 4.78 is 0. The molecule has 7 nitrogen and oxygen atoms in total. The number of imide groups is 1. The van der Waals surface area contributed by atoms with Gasteiger partial charge < -0.3 is 10.6 Å². The maximum atomic E-state index is 13.2. The van der Waals surface area contributed by atoms with Crippen molar-refractivity contribution in [2.45, 2.75) is 45.6 Å². The first-order valence-corrected chi connectivity index (χ1v) is 10.6. The van der Waals surface area contributed by atoms with Crippen LogP contribution in [0.5, 0.6) is 0 Å². The van der Waals surface area contributed by atoms with Gasteiger partial charge in [0.25, 0.3) is 5.91 Å². The maximum Gasteiger partial charge on any atom is 0.251 e. The van der Waals surface area contributed by atoms with Crippen LogP contribution < -0.4 is 10.6 Å². The normalized spacial score (nSPS) is 23.8. The number of rotatable bonds is 5. The quantitative estimate of drug-likeness (QED) is 0.576. The molecule has 3 aliphatic rings. The molecule has 0 bridgehead atoms. The molecule has 0 unspecified atom stereocenters. The molecule has 2 N–H and O–H groups in total. The molecule has 0 aromatic heterocycles. The molecule has 2 aliphatic heterocycles. The van der Waals surface area contributed by atoms with Crippen molar-refractivity contribution in [3.05, 3.63) is 41.5 Å². The molecule has 7 heteroatoms. The summed E-state index contributed by atoms with van der Waals surface area (Å²) in [5, 5.41) is 5.63. The Balaban J connectivity index is 1.58. The molecule has 158 valence electrons. The molecule has 3 atom stereocenters. The Hall–Kier alpha value is -2.96. The van der Waals surface area contributed by atoms with Crippen LogP contribution in [-0.4, -0.2) is 41.1 Å². The van der Waals surface area contributed by atoms with Crippen molar-refractivity contribution in [3.8, 4) is 0 Å². The van der Waals surface area contributed by atoms with Crippen molar-refractivity contribution in [2.75, 3.05) is 11.9 Å². The predicted octanol–water partition coefficient (Wildman–Crippen LogP) is 2.28. The highest BCUT2D eigenvalue weighted by Gasteiger charge is 2.51. The van der Waals surface area contributed by atoms with Crippen LogP contribution in [0, 0.1) is 17.8 Å². The highest BCUT2D eigenvalue weighted by Crippen LogP contribution is 2.37. The molecule has 0 spiro atoms. The van der Waals surface area contributed by atoms with Gasteiger partial charge in [-0.3, -0.25) is 24.1 Å². The van der Waals surface area contributed by atoms with Gasteiger partial charge in [-0.05, 0) is 49.3 Å². The van der Waals surface area contributed by atoms with Gasteiger partial charge in [-0.25, -0.2) is 0 Å². The number of hydrogen-bond donors (Lipinski definition) is 2. The van der Waals surface area contributed by atoms with E-state index in [0.29, 0.717) is 37.1 Å². The Kier molecular flexibility index (Phi) is 5.45. The minimum atomic E-state index is -0.861. The van der Waals surface area contributed by atoms with Gasteiger partial charge in [0, 0.05) is 17.8 Å². The topological polar surface area (TPSA) is 95.6 Å². The van der Waals surface area contributed by atoms with E-state index in [4.69, 9.17) is 0 Å².